The van der Waals surface area contributed by atoms with Crippen LogP contribution in [0.25, 0.3) is 0 Å². The molecule has 2 heterocycles. The van der Waals surface area contributed by atoms with Gasteiger partial charge in [-0.2, -0.15) is 0 Å². The number of amides is 1. The van der Waals surface area contributed by atoms with Crippen LogP contribution in [-0.4, -0.2) is 66.1 Å². The summed E-state index contributed by atoms with van der Waals surface area (Å²) in [4.78, 5) is 19.1. The zero-order chi connectivity index (χ0) is 15.5. The lowest BCUT2D eigenvalue weighted by atomic mass is 10.2. The summed E-state index contributed by atoms with van der Waals surface area (Å²) in [6, 6.07) is 7.33. The van der Waals surface area contributed by atoms with Gasteiger partial charge in [0, 0.05) is 45.0 Å². The highest BCUT2D eigenvalue weighted by atomic mass is 16.3. The number of aromatic hydroxyl groups is 1. The Kier molecular flexibility index (Phi) is 4.52. The molecule has 0 bridgehead atoms. The summed E-state index contributed by atoms with van der Waals surface area (Å²) in [7, 11) is 0. The zero-order valence-electron chi connectivity index (χ0n) is 13.2. The third kappa shape index (κ3) is 3.19. The molecule has 2 aliphatic rings. The number of likely N-dealkylation sites (tertiary alicyclic amines) is 1. The number of anilines is 1. The van der Waals surface area contributed by atoms with Crippen LogP contribution in [0, 0.1) is 0 Å². The second-order valence-electron chi connectivity index (χ2n) is 6.25. The van der Waals surface area contributed by atoms with Crippen molar-refractivity contribution in [3.63, 3.8) is 0 Å². The number of piperazine rings is 1. The van der Waals surface area contributed by atoms with Gasteiger partial charge in [-0.3, -0.25) is 9.69 Å². The summed E-state index contributed by atoms with van der Waals surface area (Å²) < 4.78 is 0. The summed E-state index contributed by atoms with van der Waals surface area (Å²) in [6.07, 6.45) is 2.29. The molecule has 0 radical (unpaired) electrons. The van der Waals surface area contributed by atoms with Crippen molar-refractivity contribution in [3.8, 4) is 5.75 Å². The van der Waals surface area contributed by atoms with E-state index in [0.717, 1.165) is 57.8 Å². The molecule has 3 rings (SSSR count). The molecule has 0 spiro atoms. The molecule has 1 N–H and O–H groups in total. The number of phenolic OH excluding ortho intramolecular Hbond substituents is 1. The molecule has 1 amide bonds. The number of carbonyl (C=O) groups is 1. The Hall–Kier alpha value is -1.75. The van der Waals surface area contributed by atoms with E-state index in [1.54, 1.807) is 12.1 Å². The van der Waals surface area contributed by atoms with Crippen LogP contribution in [0.3, 0.4) is 0 Å². The molecule has 5 heteroatoms. The van der Waals surface area contributed by atoms with Gasteiger partial charge in [0.2, 0.25) is 5.91 Å². The molecule has 2 aliphatic heterocycles. The number of phenols is 1. The summed E-state index contributed by atoms with van der Waals surface area (Å²) in [6.45, 7) is 7.54. The number of hydrogen-bond acceptors (Lipinski definition) is 4. The second-order valence-corrected chi connectivity index (χ2v) is 6.25. The van der Waals surface area contributed by atoms with Crippen LogP contribution >= 0.6 is 0 Å². The van der Waals surface area contributed by atoms with E-state index in [4.69, 9.17) is 0 Å². The van der Waals surface area contributed by atoms with Gasteiger partial charge in [0.1, 0.15) is 5.75 Å². The van der Waals surface area contributed by atoms with Crippen LogP contribution < -0.4 is 4.90 Å². The lowest BCUT2D eigenvalue weighted by molar-refractivity contribution is -0.135. The molecule has 5 nitrogen and oxygen atoms in total. The summed E-state index contributed by atoms with van der Waals surface area (Å²) in [5, 5.41) is 9.37. The Morgan fingerprint density at radius 3 is 2.18 bits per heavy atom. The molecule has 1 aromatic carbocycles. The maximum atomic E-state index is 12.5. The molecule has 120 valence electrons. The fourth-order valence-corrected chi connectivity index (χ4v) is 3.39. The fourth-order valence-electron chi connectivity index (χ4n) is 3.39. The SMILES string of the molecule is CC(C(=O)N1CCCC1)N1CCN(c2ccc(O)cc2)CC1. The van der Waals surface area contributed by atoms with Crippen LogP contribution in [-0.2, 0) is 4.79 Å². The highest BCUT2D eigenvalue weighted by molar-refractivity contribution is 5.81. The summed E-state index contributed by atoms with van der Waals surface area (Å²) >= 11 is 0. The molecule has 0 aliphatic carbocycles. The smallest absolute Gasteiger partial charge is 0.239 e. The first-order valence-corrected chi connectivity index (χ1v) is 8.22. The highest BCUT2D eigenvalue weighted by Gasteiger charge is 2.29. The topological polar surface area (TPSA) is 47.0 Å². The summed E-state index contributed by atoms with van der Waals surface area (Å²) in [5.74, 6) is 0.586. The largest absolute Gasteiger partial charge is 0.508 e. The molecule has 1 unspecified atom stereocenters. The first-order chi connectivity index (χ1) is 10.6. The van der Waals surface area contributed by atoms with Crippen molar-refractivity contribution in [3.05, 3.63) is 24.3 Å². The monoisotopic (exact) mass is 303 g/mol. The van der Waals surface area contributed by atoms with Gasteiger partial charge in [0.15, 0.2) is 0 Å². The van der Waals surface area contributed by atoms with Gasteiger partial charge in [0.25, 0.3) is 0 Å². The number of nitrogens with zero attached hydrogens (tertiary/aromatic N) is 3. The molecule has 1 aromatic rings. The Balaban J connectivity index is 1.54. The predicted molar refractivity (Wildman–Crippen MR) is 87.2 cm³/mol. The van der Waals surface area contributed by atoms with Gasteiger partial charge < -0.3 is 14.9 Å². The minimum atomic E-state index is -0.0138. The first-order valence-electron chi connectivity index (χ1n) is 8.22. The van der Waals surface area contributed by atoms with E-state index < -0.39 is 0 Å². The Morgan fingerprint density at radius 1 is 1.00 bits per heavy atom. The average molecular weight is 303 g/mol. The lowest BCUT2D eigenvalue weighted by Gasteiger charge is -2.39. The van der Waals surface area contributed by atoms with Gasteiger partial charge >= 0.3 is 0 Å². The van der Waals surface area contributed by atoms with Crippen LogP contribution in [0.4, 0.5) is 5.69 Å². The lowest BCUT2D eigenvalue weighted by Crippen LogP contribution is -2.54. The number of benzene rings is 1. The Bertz CT molecular complexity index is 503. The molecule has 22 heavy (non-hydrogen) atoms. The molecule has 0 saturated carbocycles. The third-order valence-electron chi connectivity index (χ3n) is 4.85. The van der Waals surface area contributed by atoms with Crippen molar-refractivity contribution in [2.24, 2.45) is 0 Å². The molecule has 2 saturated heterocycles. The third-order valence-corrected chi connectivity index (χ3v) is 4.85. The average Bonchev–Trinajstić information content (AvgIpc) is 3.09. The number of carbonyl (C=O) groups excluding carboxylic acids is 1. The van der Waals surface area contributed by atoms with E-state index in [-0.39, 0.29) is 11.9 Å². The Labute approximate surface area is 132 Å². The van der Waals surface area contributed by atoms with Gasteiger partial charge in [0.05, 0.1) is 6.04 Å². The number of hydrogen-bond donors (Lipinski definition) is 1. The quantitative estimate of drug-likeness (QED) is 0.920. The van der Waals surface area contributed by atoms with Crippen molar-refractivity contribution in [2.75, 3.05) is 44.2 Å². The van der Waals surface area contributed by atoms with Crippen molar-refractivity contribution in [2.45, 2.75) is 25.8 Å². The van der Waals surface area contributed by atoms with Gasteiger partial charge in [-0.25, -0.2) is 0 Å². The van der Waals surface area contributed by atoms with Crippen LogP contribution in [0.1, 0.15) is 19.8 Å². The van der Waals surface area contributed by atoms with E-state index >= 15 is 0 Å². The molecular formula is C17H25N3O2. The van der Waals surface area contributed by atoms with Gasteiger partial charge in [-0.15, -0.1) is 0 Å². The zero-order valence-corrected chi connectivity index (χ0v) is 13.2. The first kappa shape index (κ1) is 15.2. The van der Waals surface area contributed by atoms with Crippen LogP contribution in [0.15, 0.2) is 24.3 Å². The van der Waals surface area contributed by atoms with Crippen molar-refractivity contribution in [1.82, 2.24) is 9.80 Å². The highest BCUT2D eigenvalue weighted by Crippen LogP contribution is 2.21. The number of rotatable bonds is 3. The maximum absolute atomic E-state index is 12.5. The van der Waals surface area contributed by atoms with E-state index in [2.05, 4.69) is 9.80 Å². The molecule has 1 atom stereocenters. The molecule has 2 fully saturated rings. The normalized spacial score (nSPS) is 21.1. The molecular weight excluding hydrogens is 278 g/mol. The van der Waals surface area contributed by atoms with E-state index in [9.17, 15) is 9.90 Å². The van der Waals surface area contributed by atoms with Crippen LogP contribution in [0.2, 0.25) is 0 Å². The van der Waals surface area contributed by atoms with Gasteiger partial charge in [-0.05, 0) is 44.0 Å². The van der Waals surface area contributed by atoms with Crippen LogP contribution in [0.5, 0.6) is 5.75 Å². The Morgan fingerprint density at radius 2 is 1.59 bits per heavy atom. The standard InChI is InChI=1S/C17H25N3O2/c1-14(17(22)20-8-2-3-9-20)18-10-12-19(13-11-18)15-4-6-16(21)7-5-15/h4-7,14,21H,2-3,8-13H2,1H3. The maximum Gasteiger partial charge on any atom is 0.239 e. The predicted octanol–water partition coefficient (Wildman–Crippen LogP) is 1.53. The van der Waals surface area contributed by atoms with E-state index in [1.165, 1.54) is 0 Å². The van der Waals surface area contributed by atoms with E-state index in [0.29, 0.717) is 5.75 Å². The molecule has 0 aromatic heterocycles. The van der Waals surface area contributed by atoms with E-state index in [1.807, 2.05) is 24.0 Å². The minimum Gasteiger partial charge on any atom is -0.508 e. The van der Waals surface area contributed by atoms with Crippen molar-refractivity contribution >= 4 is 11.6 Å². The van der Waals surface area contributed by atoms with Crippen molar-refractivity contribution < 1.29 is 9.90 Å². The van der Waals surface area contributed by atoms with Gasteiger partial charge in [-0.1, -0.05) is 0 Å². The second kappa shape index (κ2) is 6.57. The van der Waals surface area contributed by atoms with Crippen molar-refractivity contribution in [1.29, 1.82) is 0 Å². The minimum absolute atomic E-state index is 0.0138. The summed E-state index contributed by atoms with van der Waals surface area (Å²) in [5.41, 5.74) is 1.14. The fraction of sp³-hybridized carbons (Fsp3) is 0.588.